The van der Waals surface area contributed by atoms with Gasteiger partial charge in [-0.05, 0) is 57.2 Å². The van der Waals surface area contributed by atoms with E-state index < -0.39 is 5.97 Å². The van der Waals surface area contributed by atoms with Gasteiger partial charge >= 0.3 is 5.97 Å². The van der Waals surface area contributed by atoms with Crippen molar-refractivity contribution < 1.29 is 15.0 Å². The second-order valence-electron chi connectivity index (χ2n) is 7.07. The molecular formula is C17H25NO3. The number of aryl methyl sites for hydroxylation is 1. The van der Waals surface area contributed by atoms with E-state index in [9.17, 15) is 15.0 Å². The highest BCUT2D eigenvalue weighted by atomic mass is 16.4. The monoisotopic (exact) mass is 291 g/mol. The number of carbonyl (C=O) groups is 1. The molecule has 0 amide bonds. The summed E-state index contributed by atoms with van der Waals surface area (Å²) in [6.07, 6.45) is 0.846. The average Bonchev–Trinajstić information content (AvgIpc) is 2.68. The number of aromatic hydroxyl groups is 1. The van der Waals surface area contributed by atoms with Crippen LogP contribution in [0.1, 0.15) is 62.8 Å². The van der Waals surface area contributed by atoms with Gasteiger partial charge in [0.05, 0.1) is 6.54 Å². The second-order valence-corrected chi connectivity index (χ2v) is 7.07. The van der Waals surface area contributed by atoms with E-state index in [1.165, 1.54) is 11.1 Å². The number of carboxylic acid groups (broad SMARTS) is 1. The zero-order valence-electron chi connectivity index (χ0n) is 13.5. The van der Waals surface area contributed by atoms with E-state index in [-0.39, 0.29) is 23.9 Å². The van der Waals surface area contributed by atoms with E-state index in [1.54, 1.807) is 6.07 Å². The Morgan fingerprint density at radius 2 is 1.95 bits per heavy atom. The third kappa shape index (κ3) is 2.91. The Balaban J connectivity index is 2.52. The third-order valence-electron chi connectivity index (χ3n) is 4.43. The van der Waals surface area contributed by atoms with E-state index in [2.05, 4.69) is 13.8 Å². The highest BCUT2D eigenvalue weighted by Crippen LogP contribution is 2.50. The molecule has 4 heteroatoms. The number of nitrogens with zero attached hydrogens (tertiary/aromatic N) is 1. The van der Waals surface area contributed by atoms with Gasteiger partial charge in [-0.2, -0.15) is 0 Å². The van der Waals surface area contributed by atoms with Crippen molar-refractivity contribution in [3.05, 3.63) is 28.8 Å². The highest BCUT2D eigenvalue weighted by Gasteiger charge is 2.40. The molecule has 4 nitrogen and oxygen atoms in total. The van der Waals surface area contributed by atoms with E-state index >= 15 is 0 Å². The Morgan fingerprint density at radius 3 is 2.48 bits per heavy atom. The molecule has 0 bridgehead atoms. The van der Waals surface area contributed by atoms with E-state index in [1.807, 2.05) is 31.7 Å². The van der Waals surface area contributed by atoms with Crippen LogP contribution in [0, 0.1) is 6.92 Å². The minimum Gasteiger partial charge on any atom is -0.508 e. The van der Waals surface area contributed by atoms with Gasteiger partial charge in [-0.15, -0.1) is 0 Å². The second kappa shape index (κ2) is 5.34. The van der Waals surface area contributed by atoms with Gasteiger partial charge in [0, 0.05) is 17.1 Å². The number of rotatable bonds is 3. The van der Waals surface area contributed by atoms with Crippen molar-refractivity contribution in [1.82, 2.24) is 4.90 Å². The SMILES string of the molecule is Cc1ccc(O)c2c1C(C)CC2N(CC(=O)O)C(C)(C)C. The van der Waals surface area contributed by atoms with Crippen LogP contribution in [0.4, 0.5) is 0 Å². The third-order valence-corrected chi connectivity index (χ3v) is 4.43. The fourth-order valence-corrected chi connectivity index (χ4v) is 3.55. The predicted octanol–water partition coefficient (Wildman–Crippen LogP) is 3.43. The Hall–Kier alpha value is -1.55. The summed E-state index contributed by atoms with van der Waals surface area (Å²) >= 11 is 0. The molecule has 2 rings (SSSR count). The summed E-state index contributed by atoms with van der Waals surface area (Å²) in [6, 6.07) is 3.61. The summed E-state index contributed by atoms with van der Waals surface area (Å²) in [5.41, 5.74) is 2.99. The van der Waals surface area contributed by atoms with Crippen LogP contribution in [0.3, 0.4) is 0 Å². The van der Waals surface area contributed by atoms with Crippen LogP contribution in [0.5, 0.6) is 5.75 Å². The molecule has 1 aromatic rings. The maximum absolute atomic E-state index is 11.3. The fraction of sp³-hybridized carbons (Fsp3) is 0.588. The van der Waals surface area contributed by atoms with Gasteiger partial charge in [-0.3, -0.25) is 9.69 Å². The van der Waals surface area contributed by atoms with Gasteiger partial charge in [-0.25, -0.2) is 0 Å². The van der Waals surface area contributed by atoms with Crippen molar-refractivity contribution in [3.63, 3.8) is 0 Å². The van der Waals surface area contributed by atoms with Gasteiger partial charge in [0.2, 0.25) is 0 Å². The van der Waals surface area contributed by atoms with E-state index in [0.717, 1.165) is 12.0 Å². The van der Waals surface area contributed by atoms with Crippen molar-refractivity contribution in [2.24, 2.45) is 0 Å². The van der Waals surface area contributed by atoms with Crippen molar-refractivity contribution in [2.75, 3.05) is 6.54 Å². The molecular weight excluding hydrogens is 266 g/mol. The summed E-state index contributed by atoms with van der Waals surface area (Å²) in [5, 5.41) is 19.6. The zero-order chi connectivity index (χ0) is 15.9. The summed E-state index contributed by atoms with van der Waals surface area (Å²) in [6.45, 7) is 10.2. The lowest BCUT2D eigenvalue weighted by atomic mass is 9.96. The molecule has 0 heterocycles. The molecule has 1 aliphatic carbocycles. The average molecular weight is 291 g/mol. The molecule has 1 aromatic carbocycles. The number of aliphatic carboxylic acids is 1. The lowest BCUT2D eigenvalue weighted by Crippen LogP contribution is -2.46. The highest BCUT2D eigenvalue weighted by molar-refractivity contribution is 5.69. The summed E-state index contributed by atoms with van der Waals surface area (Å²) in [4.78, 5) is 13.2. The first-order chi connectivity index (χ1) is 9.62. The quantitative estimate of drug-likeness (QED) is 0.895. The molecule has 116 valence electrons. The normalized spacial score (nSPS) is 21.6. The van der Waals surface area contributed by atoms with Gasteiger partial charge in [-0.1, -0.05) is 13.0 Å². The summed E-state index contributed by atoms with van der Waals surface area (Å²) < 4.78 is 0. The number of phenolic OH excluding ortho intramolecular Hbond substituents is 1. The Labute approximate surface area is 126 Å². The molecule has 0 saturated heterocycles. The maximum atomic E-state index is 11.3. The molecule has 2 N–H and O–H groups in total. The minimum atomic E-state index is -0.835. The number of fused-ring (bicyclic) bond motifs is 1. The fourth-order valence-electron chi connectivity index (χ4n) is 3.55. The van der Waals surface area contributed by atoms with Gasteiger partial charge in [0.1, 0.15) is 5.75 Å². The largest absolute Gasteiger partial charge is 0.508 e. The van der Waals surface area contributed by atoms with Crippen LogP contribution in [-0.4, -0.2) is 33.2 Å². The molecule has 21 heavy (non-hydrogen) atoms. The number of carboxylic acids is 1. The first kappa shape index (κ1) is 15.8. The standard InChI is InChI=1S/C17H25NO3/c1-10-6-7-13(19)16-12(8-11(2)15(10)16)18(9-14(20)21)17(3,4)5/h6-7,11-12,19H,8-9H2,1-5H3,(H,20,21). The Kier molecular flexibility index (Phi) is 4.02. The van der Waals surface area contributed by atoms with Crippen LogP contribution in [0.2, 0.25) is 0 Å². The molecule has 0 saturated carbocycles. The van der Waals surface area contributed by atoms with E-state index in [0.29, 0.717) is 5.92 Å². The van der Waals surface area contributed by atoms with Gasteiger partial charge < -0.3 is 10.2 Å². The predicted molar refractivity (Wildman–Crippen MR) is 82.7 cm³/mol. The Morgan fingerprint density at radius 1 is 1.33 bits per heavy atom. The maximum Gasteiger partial charge on any atom is 0.317 e. The summed E-state index contributed by atoms with van der Waals surface area (Å²) in [5.74, 6) is -0.224. The summed E-state index contributed by atoms with van der Waals surface area (Å²) in [7, 11) is 0. The van der Waals surface area contributed by atoms with Gasteiger partial charge in [0.25, 0.3) is 0 Å². The first-order valence-corrected chi connectivity index (χ1v) is 7.43. The Bertz CT molecular complexity index is 560. The number of benzene rings is 1. The smallest absolute Gasteiger partial charge is 0.317 e. The van der Waals surface area contributed by atoms with Crippen LogP contribution in [-0.2, 0) is 4.79 Å². The number of hydrogen-bond donors (Lipinski definition) is 2. The lowest BCUT2D eigenvalue weighted by Gasteiger charge is -2.39. The lowest BCUT2D eigenvalue weighted by molar-refractivity contribution is -0.140. The molecule has 0 fully saturated rings. The molecule has 0 aliphatic heterocycles. The molecule has 0 spiro atoms. The van der Waals surface area contributed by atoms with E-state index in [4.69, 9.17) is 0 Å². The van der Waals surface area contributed by atoms with Crippen LogP contribution < -0.4 is 0 Å². The molecule has 0 radical (unpaired) electrons. The van der Waals surface area contributed by atoms with Crippen molar-refractivity contribution >= 4 is 5.97 Å². The van der Waals surface area contributed by atoms with Crippen molar-refractivity contribution in [3.8, 4) is 5.75 Å². The minimum absolute atomic E-state index is 0.0201. The number of hydrogen-bond acceptors (Lipinski definition) is 3. The molecule has 2 unspecified atom stereocenters. The molecule has 0 aromatic heterocycles. The number of phenols is 1. The first-order valence-electron chi connectivity index (χ1n) is 7.43. The topological polar surface area (TPSA) is 60.8 Å². The molecule has 1 aliphatic rings. The molecule has 2 atom stereocenters. The van der Waals surface area contributed by atoms with Crippen LogP contribution in [0.15, 0.2) is 12.1 Å². The van der Waals surface area contributed by atoms with Crippen molar-refractivity contribution in [2.45, 2.75) is 58.5 Å². The van der Waals surface area contributed by atoms with Gasteiger partial charge in [0.15, 0.2) is 0 Å². The zero-order valence-corrected chi connectivity index (χ0v) is 13.5. The van der Waals surface area contributed by atoms with Crippen molar-refractivity contribution in [1.29, 1.82) is 0 Å². The van der Waals surface area contributed by atoms with Crippen LogP contribution >= 0.6 is 0 Å². The van der Waals surface area contributed by atoms with Crippen LogP contribution in [0.25, 0.3) is 0 Å².